The lowest BCUT2D eigenvalue weighted by molar-refractivity contribution is 0.0945. The first-order chi connectivity index (χ1) is 12.7. The number of methoxy groups -OCH3 is 1. The molecule has 0 spiro atoms. The lowest BCUT2D eigenvalue weighted by Gasteiger charge is -2.36. The molecule has 0 atom stereocenters. The Hall–Kier alpha value is -2.83. The third-order valence-corrected chi connectivity index (χ3v) is 4.84. The minimum atomic E-state index is -0.129. The molecular formula is C19H23N5O2. The molecule has 0 bridgehead atoms. The fraction of sp³-hybridized carbons (Fsp3) is 0.421. The number of nitrogens with zero attached hydrogens (tertiary/aromatic N) is 4. The van der Waals surface area contributed by atoms with Crippen molar-refractivity contribution in [3.8, 4) is 5.75 Å². The van der Waals surface area contributed by atoms with E-state index in [9.17, 15) is 4.79 Å². The summed E-state index contributed by atoms with van der Waals surface area (Å²) in [7, 11) is 1.68. The summed E-state index contributed by atoms with van der Waals surface area (Å²) in [6, 6.07) is 12.1. The van der Waals surface area contributed by atoms with Crippen LogP contribution in [0.2, 0.25) is 0 Å². The number of rotatable bonds is 5. The topological polar surface area (TPSA) is 70.6 Å². The number of carbonyl (C=O) groups is 1. The Morgan fingerprint density at radius 2 is 1.69 bits per heavy atom. The van der Waals surface area contributed by atoms with Crippen LogP contribution in [-0.2, 0) is 0 Å². The number of hydrogen-bond acceptors (Lipinski definition) is 6. The van der Waals surface area contributed by atoms with Gasteiger partial charge in [0.15, 0.2) is 11.5 Å². The summed E-state index contributed by atoms with van der Waals surface area (Å²) in [5, 5.41) is 11.3. The lowest BCUT2D eigenvalue weighted by Crippen LogP contribution is -2.47. The minimum absolute atomic E-state index is 0.129. The van der Waals surface area contributed by atoms with Gasteiger partial charge in [-0.1, -0.05) is 0 Å². The highest BCUT2D eigenvalue weighted by Gasteiger charge is 2.25. The predicted octanol–water partition coefficient (Wildman–Crippen LogP) is 1.70. The molecule has 0 radical (unpaired) electrons. The SMILES string of the molecule is COc1ccc(N2CCN(c3ccc(C(=O)NC4CC4)nn3)CC2)cc1. The summed E-state index contributed by atoms with van der Waals surface area (Å²) in [6.07, 6.45) is 2.13. The van der Waals surface area contributed by atoms with Gasteiger partial charge in [0, 0.05) is 37.9 Å². The number of aromatic nitrogens is 2. The van der Waals surface area contributed by atoms with E-state index >= 15 is 0 Å². The van der Waals surface area contributed by atoms with E-state index in [-0.39, 0.29) is 5.91 Å². The minimum Gasteiger partial charge on any atom is -0.497 e. The maximum absolute atomic E-state index is 12.0. The molecule has 1 aliphatic heterocycles. The molecule has 4 rings (SSSR count). The van der Waals surface area contributed by atoms with Gasteiger partial charge in [-0.2, -0.15) is 0 Å². The van der Waals surface area contributed by atoms with Crippen LogP contribution >= 0.6 is 0 Å². The van der Waals surface area contributed by atoms with Gasteiger partial charge in [0.2, 0.25) is 0 Å². The Kier molecular flexibility index (Phi) is 4.60. The van der Waals surface area contributed by atoms with Crippen molar-refractivity contribution >= 4 is 17.4 Å². The second-order valence-electron chi connectivity index (χ2n) is 6.70. The molecule has 1 saturated carbocycles. The number of piperazine rings is 1. The highest BCUT2D eigenvalue weighted by molar-refractivity contribution is 5.92. The molecule has 1 amide bonds. The first kappa shape index (κ1) is 16.6. The number of nitrogens with one attached hydrogen (secondary N) is 1. The van der Waals surface area contributed by atoms with Gasteiger partial charge in [-0.25, -0.2) is 0 Å². The fourth-order valence-corrected chi connectivity index (χ4v) is 3.09. The number of anilines is 2. The first-order valence-corrected chi connectivity index (χ1v) is 9.01. The van der Waals surface area contributed by atoms with Crippen LogP contribution in [0.25, 0.3) is 0 Å². The van der Waals surface area contributed by atoms with Gasteiger partial charge in [-0.15, -0.1) is 10.2 Å². The summed E-state index contributed by atoms with van der Waals surface area (Å²) in [4.78, 5) is 16.5. The second kappa shape index (κ2) is 7.19. The molecule has 1 aliphatic carbocycles. The number of benzene rings is 1. The quantitative estimate of drug-likeness (QED) is 0.882. The van der Waals surface area contributed by atoms with Crippen LogP contribution in [0.5, 0.6) is 5.75 Å². The zero-order chi connectivity index (χ0) is 17.9. The first-order valence-electron chi connectivity index (χ1n) is 9.01. The average Bonchev–Trinajstić information content (AvgIpc) is 3.52. The van der Waals surface area contributed by atoms with Gasteiger partial charge < -0.3 is 19.9 Å². The molecule has 26 heavy (non-hydrogen) atoms. The van der Waals surface area contributed by atoms with E-state index in [0.717, 1.165) is 50.6 Å². The number of hydrogen-bond donors (Lipinski definition) is 1. The maximum atomic E-state index is 12.0. The van der Waals surface area contributed by atoms with Gasteiger partial charge in [0.25, 0.3) is 5.91 Å². The number of ether oxygens (including phenoxy) is 1. The average molecular weight is 353 g/mol. The molecule has 2 aliphatic rings. The van der Waals surface area contributed by atoms with Crippen LogP contribution in [0.4, 0.5) is 11.5 Å². The van der Waals surface area contributed by atoms with Crippen molar-refractivity contribution in [2.75, 3.05) is 43.1 Å². The number of amides is 1. The van der Waals surface area contributed by atoms with Crippen LogP contribution < -0.4 is 19.9 Å². The van der Waals surface area contributed by atoms with E-state index in [4.69, 9.17) is 4.74 Å². The Balaban J connectivity index is 1.34. The Morgan fingerprint density at radius 1 is 1.00 bits per heavy atom. The zero-order valence-electron chi connectivity index (χ0n) is 14.9. The van der Waals surface area contributed by atoms with Crippen LogP contribution in [0.1, 0.15) is 23.3 Å². The van der Waals surface area contributed by atoms with Gasteiger partial charge in [0.05, 0.1) is 7.11 Å². The summed E-state index contributed by atoms with van der Waals surface area (Å²) in [5.74, 6) is 1.56. The van der Waals surface area contributed by atoms with E-state index in [1.165, 1.54) is 5.69 Å². The van der Waals surface area contributed by atoms with Crippen molar-refractivity contribution in [2.45, 2.75) is 18.9 Å². The van der Waals surface area contributed by atoms with Crippen LogP contribution in [0.15, 0.2) is 36.4 Å². The van der Waals surface area contributed by atoms with Gasteiger partial charge in [0.1, 0.15) is 5.75 Å². The van der Waals surface area contributed by atoms with Crippen molar-refractivity contribution in [3.63, 3.8) is 0 Å². The molecule has 7 nitrogen and oxygen atoms in total. The van der Waals surface area contributed by atoms with Crippen molar-refractivity contribution < 1.29 is 9.53 Å². The van der Waals surface area contributed by atoms with Crippen LogP contribution in [-0.4, -0.2) is 55.4 Å². The van der Waals surface area contributed by atoms with E-state index in [1.807, 2.05) is 18.2 Å². The molecule has 7 heteroatoms. The van der Waals surface area contributed by atoms with E-state index in [2.05, 4.69) is 37.4 Å². The maximum Gasteiger partial charge on any atom is 0.272 e. The summed E-state index contributed by atoms with van der Waals surface area (Å²) >= 11 is 0. The number of carbonyl (C=O) groups excluding carboxylic acids is 1. The van der Waals surface area contributed by atoms with Crippen LogP contribution in [0, 0.1) is 0 Å². The smallest absolute Gasteiger partial charge is 0.272 e. The van der Waals surface area contributed by atoms with E-state index in [1.54, 1.807) is 13.2 Å². The van der Waals surface area contributed by atoms with Crippen molar-refractivity contribution in [2.24, 2.45) is 0 Å². The molecule has 136 valence electrons. The Bertz CT molecular complexity index is 751. The van der Waals surface area contributed by atoms with E-state index in [0.29, 0.717) is 11.7 Å². The van der Waals surface area contributed by atoms with Crippen molar-refractivity contribution in [1.82, 2.24) is 15.5 Å². The largest absolute Gasteiger partial charge is 0.497 e. The van der Waals surface area contributed by atoms with E-state index < -0.39 is 0 Å². The third-order valence-electron chi connectivity index (χ3n) is 4.84. The van der Waals surface area contributed by atoms with Crippen LogP contribution in [0.3, 0.4) is 0 Å². The predicted molar refractivity (Wildman–Crippen MR) is 99.9 cm³/mol. The molecule has 1 aromatic carbocycles. The molecular weight excluding hydrogens is 330 g/mol. The Morgan fingerprint density at radius 3 is 2.27 bits per heavy atom. The molecule has 1 aromatic heterocycles. The highest BCUT2D eigenvalue weighted by Crippen LogP contribution is 2.22. The summed E-state index contributed by atoms with van der Waals surface area (Å²) < 4.78 is 5.21. The fourth-order valence-electron chi connectivity index (χ4n) is 3.09. The normalized spacial score (nSPS) is 17.1. The van der Waals surface area contributed by atoms with Gasteiger partial charge in [-0.3, -0.25) is 4.79 Å². The van der Waals surface area contributed by atoms with Gasteiger partial charge in [-0.05, 0) is 49.2 Å². The van der Waals surface area contributed by atoms with Crippen molar-refractivity contribution in [1.29, 1.82) is 0 Å². The molecule has 2 aromatic rings. The third kappa shape index (κ3) is 3.71. The molecule has 1 saturated heterocycles. The molecule has 0 unspecified atom stereocenters. The summed E-state index contributed by atoms with van der Waals surface area (Å²) in [6.45, 7) is 3.57. The molecule has 2 fully saturated rings. The van der Waals surface area contributed by atoms with Crippen molar-refractivity contribution in [3.05, 3.63) is 42.1 Å². The molecule has 1 N–H and O–H groups in total. The lowest BCUT2D eigenvalue weighted by atomic mass is 10.2. The standard InChI is InChI=1S/C19H23N5O2/c1-26-16-6-4-15(5-7-16)23-10-12-24(13-11-23)18-9-8-17(21-22-18)19(25)20-14-2-3-14/h4-9,14H,2-3,10-13H2,1H3,(H,20,25). The highest BCUT2D eigenvalue weighted by atomic mass is 16.5. The summed E-state index contributed by atoms with van der Waals surface area (Å²) in [5.41, 5.74) is 1.58. The molecule has 2 heterocycles. The van der Waals surface area contributed by atoms with Gasteiger partial charge >= 0.3 is 0 Å². The second-order valence-corrected chi connectivity index (χ2v) is 6.70. The Labute approximate surface area is 153 Å². The monoisotopic (exact) mass is 353 g/mol. The zero-order valence-corrected chi connectivity index (χ0v) is 14.9.